The van der Waals surface area contributed by atoms with Gasteiger partial charge in [0, 0.05) is 39.4 Å². The molecule has 5 nitrogen and oxygen atoms in total. The fourth-order valence-electron chi connectivity index (χ4n) is 9.12. The molecular weight excluding hydrogens is 697 g/mol. The van der Waals surface area contributed by atoms with Crippen LogP contribution in [0.1, 0.15) is 30.9 Å². The number of furan rings is 1. The molecular formula is C52H38N4O. The molecule has 0 saturated heterocycles. The highest BCUT2D eigenvalue weighted by molar-refractivity contribution is 6.17. The quantitative estimate of drug-likeness (QED) is 0.170. The molecule has 0 saturated carbocycles. The third-order valence-electron chi connectivity index (χ3n) is 11.9. The monoisotopic (exact) mass is 734 g/mol. The first-order chi connectivity index (χ1) is 28.0. The van der Waals surface area contributed by atoms with E-state index in [2.05, 4.69) is 140 Å². The minimum Gasteiger partial charge on any atom is -0.456 e. The molecule has 5 heteroatoms. The van der Waals surface area contributed by atoms with Crippen molar-refractivity contribution in [3.05, 3.63) is 193 Å². The fraction of sp³-hybridized carbons (Fsp3) is 0.0962. The van der Waals surface area contributed by atoms with Crippen molar-refractivity contribution in [2.24, 2.45) is 5.92 Å². The first kappa shape index (κ1) is 33.2. The van der Waals surface area contributed by atoms with Crippen LogP contribution in [0.2, 0.25) is 0 Å². The summed E-state index contributed by atoms with van der Waals surface area (Å²) in [4.78, 5) is 17.7. The van der Waals surface area contributed by atoms with Gasteiger partial charge >= 0.3 is 0 Å². The lowest BCUT2D eigenvalue weighted by Gasteiger charge is -2.30. The summed E-state index contributed by atoms with van der Waals surface area (Å²) in [5, 5.41) is 4.38. The Morgan fingerprint density at radius 3 is 1.81 bits per heavy atom. The second kappa shape index (κ2) is 13.0. The van der Waals surface area contributed by atoms with Gasteiger partial charge in [0.2, 0.25) is 0 Å². The Balaban J connectivity index is 1.20. The number of anilines is 3. The van der Waals surface area contributed by atoms with Crippen molar-refractivity contribution in [1.82, 2.24) is 15.0 Å². The van der Waals surface area contributed by atoms with Gasteiger partial charge in [0.15, 0.2) is 17.5 Å². The molecule has 0 bridgehead atoms. The highest BCUT2D eigenvalue weighted by Crippen LogP contribution is 2.55. The van der Waals surface area contributed by atoms with Crippen molar-refractivity contribution >= 4 is 49.8 Å². The first-order valence-corrected chi connectivity index (χ1v) is 19.6. The SMILES string of the molecule is CC1(C)c2cc(N(c3ccccc3)c3cc(-c4nc(-c5ccccc5)nc(-c5ccccc5)n4)cc4oc5cc6ccccc6cc5c34)ccc2C2C=CC=CC21. The van der Waals surface area contributed by atoms with Crippen LogP contribution in [-0.2, 0) is 5.41 Å². The van der Waals surface area contributed by atoms with Crippen LogP contribution in [0, 0.1) is 5.92 Å². The van der Waals surface area contributed by atoms with Gasteiger partial charge in [-0.3, -0.25) is 0 Å². The standard InChI is InChI=1S/C52H38N4O/c1-52(2)43-25-15-14-24-40(43)41-27-26-39(32-44(41)52)56(38-22-10-5-11-23-38)45-29-37(31-47-48(45)42-28-35-20-12-13-21-36(35)30-46(42)57-47)51-54-49(33-16-6-3-7-17-33)53-50(55-51)34-18-8-4-9-19-34/h3-32,40,43H,1-2H3. The number of benzene rings is 7. The highest BCUT2D eigenvalue weighted by Gasteiger charge is 2.44. The molecule has 9 aromatic rings. The van der Waals surface area contributed by atoms with Gasteiger partial charge in [-0.1, -0.05) is 147 Å². The summed E-state index contributed by atoms with van der Waals surface area (Å²) >= 11 is 0. The summed E-state index contributed by atoms with van der Waals surface area (Å²) < 4.78 is 6.87. The normalized spacial score (nSPS) is 16.6. The lowest BCUT2D eigenvalue weighted by atomic mass is 9.74. The van der Waals surface area contributed by atoms with Gasteiger partial charge in [-0.15, -0.1) is 0 Å². The average molecular weight is 735 g/mol. The summed E-state index contributed by atoms with van der Waals surface area (Å²) in [7, 11) is 0. The van der Waals surface area contributed by atoms with E-state index >= 15 is 0 Å². The van der Waals surface area contributed by atoms with E-state index in [1.807, 2.05) is 60.7 Å². The largest absolute Gasteiger partial charge is 0.456 e. The van der Waals surface area contributed by atoms with Crippen LogP contribution in [-0.4, -0.2) is 15.0 Å². The summed E-state index contributed by atoms with van der Waals surface area (Å²) in [5.74, 6) is 2.56. The van der Waals surface area contributed by atoms with Crippen LogP contribution in [0.15, 0.2) is 186 Å². The zero-order valence-corrected chi connectivity index (χ0v) is 31.7. The summed E-state index contributed by atoms with van der Waals surface area (Å²) in [5.41, 5.74) is 10.1. The van der Waals surface area contributed by atoms with Crippen LogP contribution in [0.4, 0.5) is 17.1 Å². The lowest BCUT2D eigenvalue weighted by Crippen LogP contribution is -2.24. The minimum absolute atomic E-state index is 0.0510. The molecule has 7 aromatic carbocycles. The van der Waals surface area contributed by atoms with Gasteiger partial charge in [0.1, 0.15) is 11.2 Å². The Morgan fingerprint density at radius 1 is 0.526 bits per heavy atom. The molecule has 0 N–H and O–H groups in total. The number of nitrogens with zero attached hydrogens (tertiary/aromatic N) is 4. The molecule has 0 spiro atoms. The maximum atomic E-state index is 6.87. The third-order valence-corrected chi connectivity index (χ3v) is 11.9. The van der Waals surface area contributed by atoms with E-state index in [1.54, 1.807) is 0 Å². The predicted octanol–water partition coefficient (Wildman–Crippen LogP) is 13.5. The molecule has 2 aliphatic rings. The Kier molecular flexibility index (Phi) is 7.58. The number of para-hydroxylation sites is 1. The zero-order valence-electron chi connectivity index (χ0n) is 31.7. The van der Waals surface area contributed by atoms with Crippen molar-refractivity contribution in [2.45, 2.75) is 25.2 Å². The van der Waals surface area contributed by atoms with E-state index in [0.717, 1.165) is 66.5 Å². The smallest absolute Gasteiger partial charge is 0.164 e. The first-order valence-electron chi connectivity index (χ1n) is 19.6. The second-order valence-corrected chi connectivity index (χ2v) is 15.7. The lowest BCUT2D eigenvalue weighted by molar-refractivity contribution is 0.394. The molecule has 2 heterocycles. The molecule has 0 radical (unpaired) electrons. The molecule has 0 aliphatic heterocycles. The Hall–Kier alpha value is -7.11. The van der Waals surface area contributed by atoms with Crippen LogP contribution in [0.5, 0.6) is 0 Å². The molecule has 0 fully saturated rings. The summed E-state index contributed by atoms with van der Waals surface area (Å²) in [6.45, 7) is 4.78. The van der Waals surface area contributed by atoms with Crippen LogP contribution >= 0.6 is 0 Å². The number of rotatable bonds is 6. The summed E-state index contributed by atoms with van der Waals surface area (Å²) in [6.07, 6.45) is 9.15. The maximum Gasteiger partial charge on any atom is 0.164 e. The Morgan fingerprint density at radius 2 is 1.12 bits per heavy atom. The van der Waals surface area contributed by atoms with Crippen molar-refractivity contribution in [1.29, 1.82) is 0 Å². The molecule has 272 valence electrons. The van der Waals surface area contributed by atoms with E-state index < -0.39 is 0 Å². The molecule has 2 aliphatic carbocycles. The van der Waals surface area contributed by atoms with Crippen LogP contribution in [0.25, 0.3) is 66.9 Å². The van der Waals surface area contributed by atoms with E-state index in [1.165, 1.54) is 11.1 Å². The van der Waals surface area contributed by atoms with Crippen molar-refractivity contribution in [3.8, 4) is 34.2 Å². The number of allylic oxidation sites excluding steroid dienone is 4. The van der Waals surface area contributed by atoms with Gasteiger partial charge in [0.05, 0.1) is 11.1 Å². The third kappa shape index (κ3) is 5.49. The van der Waals surface area contributed by atoms with Crippen LogP contribution < -0.4 is 4.90 Å². The van der Waals surface area contributed by atoms with Gasteiger partial charge in [-0.25, -0.2) is 15.0 Å². The molecule has 2 unspecified atom stereocenters. The van der Waals surface area contributed by atoms with E-state index in [0.29, 0.717) is 29.3 Å². The van der Waals surface area contributed by atoms with Gasteiger partial charge < -0.3 is 9.32 Å². The number of fused-ring (bicyclic) bond motifs is 7. The molecule has 2 aromatic heterocycles. The fourth-order valence-corrected chi connectivity index (χ4v) is 9.12. The Bertz CT molecular complexity index is 3000. The number of hydrogen-bond acceptors (Lipinski definition) is 5. The predicted molar refractivity (Wildman–Crippen MR) is 233 cm³/mol. The zero-order chi connectivity index (χ0) is 38.1. The van der Waals surface area contributed by atoms with E-state index in [9.17, 15) is 0 Å². The second-order valence-electron chi connectivity index (χ2n) is 15.7. The number of hydrogen-bond donors (Lipinski definition) is 0. The minimum atomic E-state index is -0.0510. The average Bonchev–Trinajstić information content (AvgIpc) is 3.74. The molecule has 57 heavy (non-hydrogen) atoms. The highest BCUT2D eigenvalue weighted by atomic mass is 16.3. The van der Waals surface area contributed by atoms with Gasteiger partial charge in [-0.2, -0.15) is 0 Å². The topological polar surface area (TPSA) is 55.1 Å². The molecule has 11 rings (SSSR count). The summed E-state index contributed by atoms with van der Waals surface area (Å²) in [6, 6.07) is 55.2. The van der Waals surface area contributed by atoms with Crippen LogP contribution in [0.3, 0.4) is 0 Å². The van der Waals surface area contributed by atoms with Crippen molar-refractivity contribution < 1.29 is 4.42 Å². The maximum absolute atomic E-state index is 6.87. The number of aromatic nitrogens is 3. The van der Waals surface area contributed by atoms with E-state index in [-0.39, 0.29) is 5.41 Å². The van der Waals surface area contributed by atoms with E-state index in [4.69, 9.17) is 19.4 Å². The molecule has 0 amide bonds. The van der Waals surface area contributed by atoms with Gasteiger partial charge in [0.25, 0.3) is 0 Å². The van der Waals surface area contributed by atoms with Crippen molar-refractivity contribution in [3.63, 3.8) is 0 Å². The Labute approximate surface area is 331 Å². The molecule has 2 atom stereocenters. The van der Waals surface area contributed by atoms with Crippen molar-refractivity contribution in [2.75, 3.05) is 4.90 Å². The van der Waals surface area contributed by atoms with Gasteiger partial charge in [-0.05, 0) is 81.8 Å².